The predicted molar refractivity (Wildman–Crippen MR) is 144 cm³/mol. The molecule has 1 fully saturated rings. The number of aryl methyl sites for hydroxylation is 2. The van der Waals surface area contributed by atoms with Gasteiger partial charge < -0.3 is 4.90 Å². The van der Waals surface area contributed by atoms with Gasteiger partial charge in [0.15, 0.2) is 5.82 Å². The van der Waals surface area contributed by atoms with Crippen molar-refractivity contribution in [3.8, 4) is 22.5 Å². The van der Waals surface area contributed by atoms with Crippen molar-refractivity contribution >= 4 is 17.2 Å². The molecule has 0 spiro atoms. The van der Waals surface area contributed by atoms with Crippen LogP contribution < -0.4 is 0 Å². The quantitative estimate of drug-likeness (QED) is 0.326. The molecule has 0 N–H and O–H groups in total. The summed E-state index contributed by atoms with van der Waals surface area (Å²) in [6.07, 6.45) is 12.0. The summed E-state index contributed by atoms with van der Waals surface area (Å²) in [5.74, 6) is 1.21. The minimum atomic E-state index is 0.222. The van der Waals surface area contributed by atoms with Crippen LogP contribution in [0.25, 0.3) is 22.5 Å². The smallest absolute Gasteiger partial charge is 0.264 e. The van der Waals surface area contributed by atoms with E-state index in [1.807, 2.05) is 24.5 Å². The highest BCUT2D eigenvalue weighted by Gasteiger charge is 2.30. The summed E-state index contributed by atoms with van der Waals surface area (Å²) in [5.41, 5.74) is 8.20. The van der Waals surface area contributed by atoms with E-state index in [-0.39, 0.29) is 11.8 Å². The number of likely N-dealkylation sites (tertiary alicyclic amines) is 1. The van der Waals surface area contributed by atoms with E-state index in [0.29, 0.717) is 5.82 Å². The number of pyridine rings is 1. The van der Waals surface area contributed by atoms with E-state index >= 15 is 0 Å². The molecule has 0 unspecified atom stereocenters. The minimum Gasteiger partial charge on any atom is -0.338 e. The van der Waals surface area contributed by atoms with Gasteiger partial charge in [0.25, 0.3) is 5.91 Å². The SMILES string of the molecule is Cc1ccccc1-c1cnc(-c2cccnc2)nc1C1CCN(C(=O)c2scc3c2CCCC3)CC1. The Kier molecular flexibility index (Phi) is 6.36. The second-order valence-corrected chi connectivity index (χ2v) is 10.8. The fourth-order valence-corrected chi connectivity index (χ4v) is 6.75. The number of amides is 1. The molecule has 6 rings (SSSR count). The Morgan fingerprint density at radius 3 is 2.64 bits per heavy atom. The van der Waals surface area contributed by atoms with Gasteiger partial charge in [0, 0.05) is 48.7 Å². The van der Waals surface area contributed by atoms with Crippen LogP contribution in [-0.2, 0) is 12.8 Å². The number of fused-ring (bicyclic) bond motifs is 1. The van der Waals surface area contributed by atoms with Crippen molar-refractivity contribution in [2.75, 3.05) is 13.1 Å². The average molecular weight is 495 g/mol. The zero-order valence-corrected chi connectivity index (χ0v) is 21.4. The van der Waals surface area contributed by atoms with Gasteiger partial charge in [-0.2, -0.15) is 0 Å². The first-order valence-corrected chi connectivity index (χ1v) is 13.8. The van der Waals surface area contributed by atoms with Crippen molar-refractivity contribution in [1.29, 1.82) is 0 Å². The number of nitrogens with zero attached hydrogens (tertiary/aromatic N) is 4. The molecule has 3 aromatic heterocycles. The zero-order chi connectivity index (χ0) is 24.5. The van der Waals surface area contributed by atoms with Crippen LogP contribution in [-0.4, -0.2) is 38.8 Å². The number of carbonyl (C=O) groups excluding carboxylic acids is 1. The van der Waals surface area contributed by atoms with E-state index in [9.17, 15) is 4.79 Å². The van der Waals surface area contributed by atoms with Crippen molar-refractivity contribution < 1.29 is 4.79 Å². The number of piperidine rings is 1. The van der Waals surface area contributed by atoms with E-state index in [1.54, 1.807) is 17.5 Å². The molecule has 182 valence electrons. The number of aromatic nitrogens is 3. The first kappa shape index (κ1) is 23.0. The average Bonchev–Trinajstić information content (AvgIpc) is 3.38. The van der Waals surface area contributed by atoms with Crippen LogP contribution in [0, 0.1) is 6.92 Å². The van der Waals surface area contributed by atoms with Crippen molar-refractivity contribution in [3.63, 3.8) is 0 Å². The summed E-state index contributed by atoms with van der Waals surface area (Å²) < 4.78 is 0. The summed E-state index contributed by atoms with van der Waals surface area (Å²) in [6, 6.07) is 12.3. The van der Waals surface area contributed by atoms with Gasteiger partial charge >= 0.3 is 0 Å². The van der Waals surface area contributed by atoms with E-state index in [4.69, 9.17) is 9.97 Å². The van der Waals surface area contributed by atoms with E-state index in [1.165, 1.54) is 35.1 Å². The number of thiophene rings is 1. The molecule has 4 aromatic rings. The van der Waals surface area contributed by atoms with Gasteiger partial charge in [0.1, 0.15) is 0 Å². The lowest BCUT2D eigenvalue weighted by atomic mass is 9.87. The van der Waals surface area contributed by atoms with Crippen molar-refractivity contribution in [2.45, 2.75) is 51.4 Å². The van der Waals surface area contributed by atoms with Gasteiger partial charge in [-0.05, 0) is 85.2 Å². The number of carbonyl (C=O) groups is 1. The van der Waals surface area contributed by atoms with Crippen LogP contribution in [0.1, 0.15) is 63.7 Å². The summed E-state index contributed by atoms with van der Waals surface area (Å²) in [5, 5.41) is 2.21. The largest absolute Gasteiger partial charge is 0.338 e. The molecule has 1 amide bonds. The second-order valence-electron chi connectivity index (χ2n) is 9.89. The Labute approximate surface area is 216 Å². The Balaban J connectivity index is 1.28. The fourth-order valence-electron chi connectivity index (χ4n) is 5.62. The van der Waals surface area contributed by atoms with E-state index in [0.717, 1.165) is 60.5 Å². The van der Waals surface area contributed by atoms with E-state index < -0.39 is 0 Å². The minimum absolute atomic E-state index is 0.222. The van der Waals surface area contributed by atoms with E-state index in [2.05, 4.69) is 46.5 Å². The maximum atomic E-state index is 13.5. The van der Waals surface area contributed by atoms with Gasteiger partial charge in [0.2, 0.25) is 0 Å². The standard InChI is InChI=1S/C30H30N4OS/c1-20-7-2-4-10-24(20)26-18-32-29(22-9-6-14-31-17-22)33-27(26)21-12-15-34(16-13-21)30(35)28-25-11-5-3-8-23(25)19-36-28/h2,4,6-7,9-10,14,17-19,21H,3,5,8,11-13,15-16H2,1H3. The topological polar surface area (TPSA) is 59.0 Å². The van der Waals surface area contributed by atoms with Gasteiger partial charge in [-0.3, -0.25) is 9.78 Å². The van der Waals surface area contributed by atoms with Crippen LogP contribution in [0.15, 0.2) is 60.4 Å². The van der Waals surface area contributed by atoms with Crippen LogP contribution in [0.3, 0.4) is 0 Å². The highest BCUT2D eigenvalue weighted by Crippen LogP contribution is 2.37. The first-order chi connectivity index (χ1) is 17.7. The first-order valence-electron chi connectivity index (χ1n) is 12.9. The molecule has 0 saturated carbocycles. The Morgan fingerprint density at radius 2 is 1.83 bits per heavy atom. The van der Waals surface area contributed by atoms with Crippen molar-refractivity contribution in [1.82, 2.24) is 19.9 Å². The maximum Gasteiger partial charge on any atom is 0.264 e. The molecule has 36 heavy (non-hydrogen) atoms. The lowest BCUT2D eigenvalue weighted by Gasteiger charge is -2.33. The molecule has 6 heteroatoms. The number of hydrogen-bond acceptors (Lipinski definition) is 5. The molecule has 1 aliphatic carbocycles. The second kappa shape index (κ2) is 9.94. The van der Waals surface area contributed by atoms with Gasteiger partial charge in [0.05, 0.1) is 10.6 Å². The molecule has 2 aliphatic rings. The molecule has 1 saturated heterocycles. The monoisotopic (exact) mass is 494 g/mol. The van der Waals surface area contributed by atoms with Crippen LogP contribution in [0.4, 0.5) is 0 Å². The highest BCUT2D eigenvalue weighted by molar-refractivity contribution is 7.12. The van der Waals surface area contributed by atoms with Crippen LogP contribution in [0.5, 0.6) is 0 Å². The van der Waals surface area contributed by atoms with Crippen molar-refractivity contribution in [3.05, 3.63) is 87.6 Å². The molecule has 0 bridgehead atoms. The van der Waals surface area contributed by atoms with Crippen molar-refractivity contribution in [2.24, 2.45) is 0 Å². The molecule has 4 heterocycles. The summed E-state index contributed by atoms with van der Waals surface area (Å²) >= 11 is 1.65. The number of hydrogen-bond donors (Lipinski definition) is 0. The normalized spacial score (nSPS) is 16.1. The van der Waals surface area contributed by atoms with Crippen LogP contribution >= 0.6 is 11.3 Å². The van der Waals surface area contributed by atoms with Gasteiger partial charge in [-0.1, -0.05) is 24.3 Å². The third-order valence-corrected chi connectivity index (χ3v) is 8.70. The molecule has 0 radical (unpaired) electrons. The van der Waals surface area contributed by atoms with Gasteiger partial charge in [-0.25, -0.2) is 9.97 Å². The summed E-state index contributed by atoms with van der Waals surface area (Å²) in [4.78, 5) is 30.6. The number of rotatable bonds is 4. The molecule has 5 nitrogen and oxygen atoms in total. The molecular formula is C30H30N4OS. The lowest BCUT2D eigenvalue weighted by Crippen LogP contribution is -2.38. The van der Waals surface area contributed by atoms with Crippen LogP contribution in [0.2, 0.25) is 0 Å². The molecule has 1 aromatic carbocycles. The van der Waals surface area contributed by atoms with Gasteiger partial charge in [-0.15, -0.1) is 11.3 Å². The maximum absolute atomic E-state index is 13.5. The molecule has 1 aliphatic heterocycles. The fraction of sp³-hybridized carbons (Fsp3) is 0.333. The third-order valence-electron chi connectivity index (χ3n) is 7.64. The number of benzene rings is 1. The third kappa shape index (κ3) is 4.35. The highest BCUT2D eigenvalue weighted by atomic mass is 32.1. The summed E-state index contributed by atoms with van der Waals surface area (Å²) in [6.45, 7) is 3.66. The molecular weight excluding hydrogens is 464 g/mol. The predicted octanol–water partition coefficient (Wildman–Crippen LogP) is 6.47. The Bertz CT molecular complexity index is 1390. The summed E-state index contributed by atoms with van der Waals surface area (Å²) in [7, 11) is 0. The Hall–Kier alpha value is -3.38. The molecule has 0 atom stereocenters. The Morgan fingerprint density at radius 1 is 1.00 bits per heavy atom. The zero-order valence-electron chi connectivity index (χ0n) is 20.6. The lowest BCUT2D eigenvalue weighted by molar-refractivity contribution is 0.0716.